The van der Waals surface area contributed by atoms with Crippen LogP contribution in [0.4, 0.5) is 11.4 Å². The molecule has 136 valence electrons. The Balaban J connectivity index is 1.71. The summed E-state index contributed by atoms with van der Waals surface area (Å²) in [6.07, 6.45) is 3.13. The van der Waals surface area contributed by atoms with Crippen molar-refractivity contribution in [3.8, 4) is 5.75 Å². The van der Waals surface area contributed by atoms with Gasteiger partial charge in [0.05, 0.1) is 23.8 Å². The topological polar surface area (TPSA) is 84.4 Å². The fraction of sp³-hybridized carbons (Fsp3) is 0.333. The number of nitrogens with zero attached hydrogens (tertiary/aromatic N) is 3. The van der Waals surface area contributed by atoms with E-state index < -0.39 is 0 Å². The fourth-order valence-corrected chi connectivity index (χ4v) is 2.82. The van der Waals surface area contributed by atoms with E-state index >= 15 is 0 Å². The summed E-state index contributed by atoms with van der Waals surface area (Å²) < 4.78 is 6.26. The van der Waals surface area contributed by atoms with Gasteiger partial charge in [-0.3, -0.25) is 14.5 Å². The molecule has 1 aromatic carbocycles. The highest BCUT2D eigenvalue weighted by molar-refractivity contribution is 9.10. The van der Waals surface area contributed by atoms with Gasteiger partial charge in [0, 0.05) is 9.89 Å². The van der Waals surface area contributed by atoms with E-state index in [2.05, 4.69) is 31.2 Å². The Kier molecular flexibility index (Phi) is 4.95. The van der Waals surface area contributed by atoms with Crippen LogP contribution in [0.15, 0.2) is 35.1 Å². The molecule has 2 amide bonds. The minimum absolute atomic E-state index is 0.0971. The van der Waals surface area contributed by atoms with E-state index in [-0.39, 0.29) is 30.4 Å². The van der Waals surface area contributed by atoms with Crippen LogP contribution < -0.4 is 15.0 Å². The molecule has 3 rings (SSSR count). The number of ether oxygens (including phenoxy) is 1. The summed E-state index contributed by atoms with van der Waals surface area (Å²) >= 11 is 3.36. The Morgan fingerprint density at radius 2 is 2.00 bits per heavy atom. The van der Waals surface area contributed by atoms with Gasteiger partial charge in [0.2, 0.25) is 5.91 Å². The van der Waals surface area contributed by atoms with Gasteiger partial charge >= 0.3 is 0 Å². The number of hydrogen-bond acceptors (Lipinski definition) is 5. The first-order valence-electron chi connectivity index (χ1n) is 8.09. The van der Waals surface area contributed by atoms with Crippen LogP contribution in [0.2, 0.25) is 0 Å². The summed E-state index contributed by atoms with van der Waals surface area (Å²) in [5, 5.41) is 2.72. The normalized spacial score (nSPS) is 13.8. The molecule has 0 unspecified atom stereocenters. The second-order valence-electron chi connectivity index (χ2n) is 6.97. The zero-order chi connectivity index (χ0) is 18.9. The molecule has 2 heterocycles. The van der Waals surface area contributed by atoms with Crippen LogP contribution in [0.1, 0.15) is 26.6 Å². The third-order valence-electron chi connectivity index (χ3n) is 3.77. The van der Waals surface area contributed by atoms with Crippen LogP contribution in [0.25, 0.3) is 0 Å². The van der Waals surface area contributed by atoms with Gasteiger partial charge in [-0.05, 0) is 18.2 Å². The molecule has 1 aliphatic heterocycles. The zero-order valence-electron chi connectivity index (χ0n) is 14.7. The number of nitrogens with one attached hydrogen (secondary N) is 1. The van der Waals surface area contributed by atoms with Crippen molar-refractivity contribution in [2.45, 2.75) is 26.2 Å². The lowest BCUT2D eigenvalue weighted by molar-refractivity contribution is -0.123. The number of fused-ring (bicyclic) bond motifs is 1. The van der Waals surface area contributed by atoms with Crippen LogP contribution >= 0.6 is 15.9 Å². The van der Waals surface area contributed by atoms with Crippen molar-refractivity contribution in [3.63, 3.8) is 0 Å². The molecule has 0 aliphatic carbocycles. The smallest absolute Gasteiger partial charge is 0.265 e. The lowest BCUT2D eigenvalue weighted by Crippen LogP contribution is -2.43. The van der Waals surface area contributed by atoms with Crippen LogP contribution in [-0.2, 0) is 15.0 Å². The Labute approximate surface area is 159 Å². The Morgan fingerprint density at radius 1 is 1.31 bits per heavy atom. The number of benzene rings is 1. The Bertz CT molecular complexity index is 847. The first kappa shape index (κ1) is 18.3. The zero-order valence-corrected chi connectivity index (χ0v) is 16.3. The maximum absolute atomic E-state index is 12.4. The quantitative estimate of drug-likeness (QED) is 0.827. The monoisotopic (exact) mass is 418 g/mol. The summed E-state index contributed by atoms with van der Waals surface area (Å²) in [5.41, 5.74) is 0.888. The second kappa shape index (κ2) is 7.03. The van der Waals surface area contributed by atoms with Crippen LogP contribution in [0, 0.1) is 0 Å². The molecule has 0 saturated carbocycles. The molecule has 1 aromatic heterocycles. The Hall–Kier alpha value is -2.48. The number of amides is 2. The number of rotatable bonds is 3. The molecule has 0 spiro atoms. The van der Waals surface area contributed by atoms with Crippen LogP contribution in [0.5, 0.6) is 5.75 Å². The molecule has 0 fully saturated rings. The summed E-state index contributed by atoms with van der Waals surface area (Å²) in [6, 6.07) is 5.31. The largest absolute Gasteiger partial charge is 0.482 e. The predicted octanol–water partition coefficient (Wildman–Crippen LogP) is 2.90. The predicted molar refractivity (Wildman–Crippen MR) is 101 cm³/mol. The van der Waals surface area contributed by atoms with Gasteiger partial charge in [-0.15, -0.1) is 0 Å². The summed E-state index contributed by atoms with van der Waals surface area (Å²) in [6.45, 7) is 5.83. The van der Waals surface area contributed by atoms with Crippen molar-refractivity contribution in [2.75, 3.05) is 23.4 Å². The number of carbonyl (C=O) groups excluding carboxylic acids is 2. The van der Waals surface area contributed by atoms with Gasteiger partial charge in [0.25, 0.3) is 5.91 Å². The molecule has 2 aromatic rings. The SMILES string of the molecule is CC(C)(C)c1ncc(NC(=O)CN2C(=O)COc3cc(Br)ccc32)cn1. The van der Waals surface area contributed by atoms with Gasteiger partial charge < -0.3 is 10.1 Å². The third-order valence-corrected chi connectivity index (χ3v) is 4.27. The average Bonchev–Trinajstić information content (AvgIpc) is 2.57. The highest BCUT2D eigenvalue weighted by atomic mass is 79.9. The van der Waals surface area contributed by atoms with Crippen molar-refractivity contribution >= 4 is 39.1 Å². The van der Waals surface area contributed by atoms with Crippen molar-refractivity contribution in [1.29, 1.82) is 0 Å². The van der Waals surface area contributed by atoms with Gasteiger partial charge in [0.1, 0.15) is 18.1 Å². The average molecular weight is 419 g/mol. The minimum atomic E-state index is -0.332. The van der Waals surface area contributed by atoms with Gasteiger partial charge in [-0.25, -0.2) is 9.97 Å². The third kappa shape index (κ3) is 4.01. The van der Waals surface area contributed by atoms with Gasteiger partial charge in [-0.2, -0.15) is 0 Å². The molecule has 1 N–H and O–H groups in total. The highest BCUT2D eigenvalue weighted by Crippen LogP contribution is 2.34. The van der Waals surface area contributed by atoms with E-state index in [0.717, 1.165) is 4.47 Å². The van der Waals surface area contributed by atoms with Crippen LogP contribution in [-0.4, -0.2) is 34.9 Å². The molecule has 26 heavy (non-hydrogen) atoms. The molecule has 7 nitrogen and oxygen atoms in total. The molecule has 0 bridgehead atoms. The van der Waals surface area contributed by atoms with Crippen molar-refractivity contribution < 1.29 is 14.3 Å². The van der Waals surface area contributed by atoms with E-state index in [1.54, 1.807) is 30.6 Å². The molecule has 0 saturated heterocycles. The standard InChI is InChI=1S/C18H19BrN4O3/c1-18(2,3)17-20-7-12(8-21-17)22-15(24)9-23-13-5-4-11(19)6-14(13)26-10-16(23)25/h4-8H,9-10H2,1-3H3,(H,22,24). The van der Waals surface area contributed by atoms with E-state index in [4.69, 9.17) is 4.74 Å². The van der Waals surface area contributed by atoms with Crippen molar-refractivity contribution in [2.24, 2.45) is 0 Å². The second-order valence-corrected chi connectivity index (χ2v) is 7.89. The van der Waals surface area contributed by atoms with Crippen LogP contribution in [0.3, 0.4) is 0 Å². The highest BCUT2D eigenvalue weighted by Gasteiger charge is 2.27. The van der Waals surface area contributed by atoms with Gasteiger partial charge in [-0.1, -0.05) is 36.7 Å². The summed E-state index contributed by atoms with van der Waals surface area (Å²) in [7, 11) is 0. The molecule has 0 radical (unpaired) electrons. The van der Waals surface area contributed by atoms with E-state index in [0.29, 0.717) is 22.9 Å². The lowest BCUT2D eigenvalue weighted by atomic mass is 9.96. The Morgan fingerprint density at radius 3 is 2.65 bits per heavy atom. The number of anilines is 2. The number of carbonyl (C=O) groups is 2. The van der Waals surface area contributed by atoms with Crippen molar-refractivity contribution in [1.82, 2.24) is 9.97 Å². The lowest BCUT2D eigenvalue weighted by Gasteiger charge is -2.29. The minimum Gasteiger partial charge on any atom is -0.482 e. The molecular formula is C18H19BrN4O3. The maximum Gasteiger partial charge on any atom is 0.265 e. The number of aromatic nitrogens is 2. The first-order valence-corrected chi connectivity index (χ1v) is 8.88. The van der Waals surface area contributed by atoms with Gasteiger partial charge in [0.15, 0.2) is 6.61 Å². The fourth-order valence-electron chi connectivity index (χ4n) is 2.48. The maximum atomic E-state index is 12.4. The molecular weight excluding hydrogens is 400 g/mol. The number of halogens is 1. The van der Waals surface area contributed by atoms with E-state index in [1.807, 2.05) is 20.8 Å². The molecule has 8 heteroatoms. The molecule has 0 atom stereocenters. The summed E-state index contributed by atoms with van der Waals surface area (Å²) in [5.74, 6) is 0.651. The van der Waals surface area contributed by atoms with E-state index in [1.165, 1.54) is 4.90 Å². The van der Waals surface area contributed by atoms with Crippen molar-refractivity contribution in [3.05, 3.63) is 40.9 Å². The summed E-state index contributed by atoms with van der Waals surface area (Å²) in [4.78, 5) is 34.5. The first-order chi connectivity index (χ1) is 12.2. The van der Waals surface area contributed by atoms with E-state index in [9.17, 15) is 9.59 Å². The molecule has 1 aliphatic rings. The number of hydrogen-bond donors (Lipinski definition) is 1.